The molecule has 0 radical (unpaired) electrons. The molecule has 148 valence electrons. The van der Waals surface area contributed by atoms with Gasteiger partial charge in [-0.3, -0.25) is 4.79 Å². The molecule has 0 aromatic carbocycles. The van der Waals surface area contributed by atoms with Crippen LogP contribution in [0.3, 0.4) is 0 Å². The van der Waals surface area contributed by atoms with Crippen molar-refractivity contribution in [3.05, 3.63) is 29.7 Å². The van der Waals surface area contributed by atoms with Crippen molar-refractivity contribution in [1.82, 2.24) is 30.2 Å². The van der Waals surface area contributed by atoms with Crippen molar-refractivity contribution in [2.24, 2.45) is 0 Å². The molecule has 9 heteroatoms. The SMILES string of the molecule is CCc1nc(Nc2ccc(C(=O)NC3CC3)cn2)nc(N2CCN(C)CC2)n1. The number of carbonyl (C=O) groups excluding carboxylic acids is 1. The van der Waals surface area contributed by atoms with Gasteiger partial charge in [-0.25, -0.2) is 4.98 Å². The Morgan fingerprint density at radius 2 is 1.93 bits per heavy atom. The van der Waals surface area contributed by atoms with Gasteiger partial charge in [-0.05, 0) is 32.0 Å². The lowest BCUT2D eigenvalue weighted by molar-refractivity contribution is 0.0951. The predicted octanol–water partition coefficient (Wildman–Crippen LogP) is 1.22. The van der Waals surface area contributed by atoms with Crippen LogP contribution in [0.15, 0.2) is 18.3 Å². The molecule has 28 heavy (non-hydrogen) atoms. The zero-order chi connectivity index (χ0) is 19.5. The Morgan fingerprint density at radius 1 is 1.14 bits per heavy atom. The molecule has 2 aliphatic rings. The lowest BCUT2D eigenvalue weighted by Crippen LogP contribution is -2.45. The standard InChI is InChI=1S/C19H26N8O/c1-3-15-22-18(25-19(24-15)27-10-8-26(2)9-11-27)23-16-7-4-13(12-20-16)17(28)21-14-5-6-14/h4,7,12,14H,3,5-6,8-11H2,1-2H3,(H,21,28)(H,20,22,23,24,25). The highest BCUT2D eigenvalue weighted by molar-refractivity contribution is 5.94. The number of piperazine rings is 1. The minimum Gasteiger partial charge on any atom is -0.349 e. The second-order valence-corrected chi connectivity index (χ2v) is 7.32. The summed E-state index contributed by atoms with van der Waals surface area (Å²) >= 11 is 0. The Hall–Kier alpha value is -2.81. The molecule has 1 amide bonds. The van der Waals surface area contributed by atoms with Crippen LogP contribution in [0.5, 0.6) is 0 Å². The van der Waals surface area contributed by atoms with Gasteiger partial charge >= 0.3 is 0 Å². The summed E-state index contributed by atoms with van der Waals surface area (Å²) in [6.07, 6.45) is 4.43. The Bertz CT molecular complexity index is 828. The largest absolute Gasteiger partial charge is 0.349 e. The van der Waals surface area contributed by atoms with Crippen LogP contribution in [0.25, 0.3) is 0 Å². The number of carbonyl (C=O) groups is 1. The van der Waals surface area contributed by atoms with Gasteiger partial charge in [0, 0.05) is 44.8 Å². The Balaban J connectivity index is 1.47. The van der Waals surface area contributed by atoms with Gasteiger partial charge in [0.2, 0.25) is 11.9 Å². The fraction of sp³-hybridized carbons (Fsp3) is 0.526. The Labute approximate surface area is 164 Å². The first-order valence-corrected chi connectivity index (χ1v) is 9.83. The van der Waals surface area contributed by atoms with Crippen molar-refractivity contribution in [1.29, 1.82) is 0 Å². The number of likely N-dealkylation sites (N-methyl/N-ethyl adjacent to an activating group) is 1. The fourth-order valence-electron chi connectivity index (χ4n) is 2.98. The first-order chi connectivity index (χ1) is 13.6. The summed E-state index contributed by atoms with van der Waals surface area (Å²) in [5, 5.41) is 6.10. The summed E-state index contributed by atoms with van der Waals surface area (Å²) in [4.78, 5) is 34.5. The molecule has 1 saturated carbocycles. The van der Waals surface area contributed by atoms with E-state index in [-0.39, 0.29) is 5.91 Å². The van der Waals surface area contributed by atoms with Crippen LogP contribution in [0.4, 0.5) is 17.7 Å². The van der Waals surface area contributed by atoms with Crippen LogP contribution in [0.2, 0.25) is 0 Å². The highest BCUT2D eigenvalue weighted by Gasteiger charge is 2.24. The summed E-state index contributed by atoms with van der Waals surface area (Å²) in [5.74, 6) is 2.44. The van der Waals surface area contributed by atoms with Gasteiger partial charge in [0.15, 0.2) is 0 Å². The first kappa shape index (κ1) is 18.5. The zero-order valence-electron chi connectivity index (χ0n) is 16.4. The predicted molar refractivity (Wildman–Crippen MR) is 107 cm³/mol. The normalized spacial score (nSPS) is 17.4. The van der Waals surface area contributed by atoms with E-state index < -0.39 is 0 Å². The average molecular weight is 382 g/mol. The van der Waals surface area contributed by atoms with Gasteiger partial charge in [-0.15, -0.1) is 0 Å². The molecule has 3 heterocycles. The van der Waals surface area contributed by atoms with Gasteiger partial charge in [0.05, 0.1) is 5.56 Å². The molecule has 0 bridgehead atoms. The number of hydrogen-bond acceptors (Lipinski definition) is 8. The van der Waals surface area contributed by atoms with Crippen molar-refractivity contribution < 1.29 is 4.79 Å². The van der Waals surface area contributed by atoms with E-state index >= 15 is 0 Å². The Kier molecular flexibility index (Phi) is 5.34. The summed E-state index contributed by atoms with van der Waals surface area (Å²) in [6, 6.07) is 3.86. The van der Waals surface area contributed by atoms with Crippen LogP contribution in [-0.2, 0) is 6.42 Å². The maximum Gasteiger partial charge on any atom is 0.253 e. The molecule has 2 aromatic rings. The van der Waals surface area contributed by atoms with E-state index in [4.69, 9.17) is 0 Å². The number of nitrogens with one attached hydrogen (secondary N) is 2. The third-order valence-electron chi connectivity index (χ3n) is 4.95. The number of aromatic nitrogens is 4. The second kappa shape index (κ2) is 8.05. The molecule has 1 saturated heterocycles. The fourth-order valence-corrected chi connectivity index (χ4v) is 2.98. The zero-order valence-corrected chi connectivity index (χ0v) is 16.4. The lowest BCUT2D eigenvalue weighted by atomic mass is 10.2. The number of nitrogens with zero attached hydrogens (tertiary/aromatic N) is 6. The van der Waals surface area contributed by atoms with Gasteiger partial charge in [0.25, 0.3) is 5.91 Å². The van der Waals surface area contributed by atoms with Crippen LogP contribution in [0, 0.1) is 0 Å². The second-order valence-electron chi connectivity index (χ2n) is 7.32. The molecular weight excluding hydrogens is 356 g/mol. The van der Waals surface area contributed by atoms with Crippen molar-refractivity contribution >= 4 is 23.6 Å². The summed E-state index contributed by atoms with van der Waals surface area (Å²) in [7, 11) is 2.12. The van der Waals surface area contributed by atoms with Crippen LogP contribution >= 0.6 is 0 Å². The van der Waals surface area contributed by atoms with Crippen LogP contribution in [0.1, 0.15) is 35.9 Å². The molecule has 9 nitrogen and oxygen atoms in total. The number of amides is 1. The highest BCUT2D eigenvalue weighted by Crippen LogP contribution is 2.20. The number of aryl methyl sites for hydroxylation is 1. The molecule has 0 atom stereocenters. The number of hydrogen-bond donors (Lipinski definition) is 2. The molecule has 2 N–H and O–H groups in total. The van der Waals surface area contributed by atoms with Crippen molar-refractivity contribution in [2.75, 3.05) is 43.4 Å². The van der Waals surface area contributed by atoms with Gasteiger partial charge in [0.1, 0.15) is 11.6 Å². The van der Waals surface area contributed by atoms with E-state index in [2.05, 4.69) is 47.4 Å². The van der Waals surface area contributed by atoms with E-state index in [0.29, 0.717) is 29.3 Å². The summed E-state index contributed by atoms with van der Waals surface area (Å²) < 4.78 is 0. The lowest BCUT2D eigenvalue weighted by Gasteiger charge is -2.32. The van der Waals surface area contributed by atoms with E-state index in [0.717, 1.165) is 51.3 Å². The third kappa shape index (κ3) is 4.53. The molecule has 2 fully saturated rings. The van der Waals surface area contributed by atoms with Gasteiger partial charge in [-0.1, -0.05) is 6.92 Å². The van der Waals surface area contributed by atoms with E-state index in [9.17, 15) is 4.79 Å². The number of rotatable bonds is 6. The maximum absolute atomic E-state index is 12.1. The smallest absolute Gasteiger partial charge is 0.253 e. The number of pyridine rings is 1. The molecule has 1 aliphatic carbocycles. The summed E-state index contributed by atoms with van der Waals surface area (Å²) in [5.41, 5.74) is 0.556. The van der Waals surface area contributed by atoms with E-state index in [1.807, 2.05) is 6.92 Å². The summed E-state index contributed by atoms with van der Waals surface area (Å²) in [6.45, 7) is 5.79. The topological polar surface area (TPSA) is 99.2 Å². The molecule has 0 unspecified atom stereocenters. The van der Waals surface area contributed by atoms with Crippen molar-refractivity contribution in [3.63, 3.8) is 0 Å². The van der Waals surface area contributed by atoms with Crippen LogP contribution in [-0.4, -0.2) is 70.0 Å². The minimum absolute atomic E-state index is 0.0765. The van der Waals surface area contributed by atoms with E-state index in [1.54, 1.807) is 18.3 Å². The molecule has 2 aromatic heterocycles. The third-order valence-corrected chi connectivity index (χ3v) is 4.95. The minimum atomic E-state index is -0.0765. The molecule has 4 rings (SSSR count). The maximum atomic E-state index is 12.1. The number of anilines is 3. The molecule has 1 aliphatic heterocycles. The molecule has 0 spiro atoms. The van der Waals surface area contributed by atoms with Crippen LogP contribution < -0.4 is 15.5 Å². The first-order valence-electron chi connectivity index (χ1n) is 9.83. The Morgan fingerprint density at radius 3 is 2.57 bits per heavy atom. The quantitative estimate of drug-likeness (QED) is 0.769. The van der Waals surface area contributed by atoms with Gasteiger partial charge < -0.3 is 20.4 Å². The van der Waals surface area contributed by atoms with Gasteiger partial charge in [-0.2, -0.15) is 15.0 Å². The monoisotopic (exact) mass is 382 g/mol. The van der Waals surface area contributed by atoms with Crippen molar-refractivity contribution in [2.45, 2.75) is 32.2 Å². The average Bonchev–Trinajstić information content (AvgIpc) is 3.53. The highest BCUT2D eigenvalue weighted by atomic mass is 16.1. The van der Waals surface area contributed by atoms with Crippen molar-refractivity contribution in [3.8, 4) is 0 Å². The molecular formula is C19H26N8O. The van der Waals surface area contributed by atoms with E-state index in [1.165, 1.54) is 0 Å².